The van der Waals surface area contributed by atoms with Crippen LogP contribution in [0.4, 0.5) is 0 Å². The number of carboxylic acid groups (broad SMARTS) is 1. The van der Waals surface area contributed by atoms with E-state index < -0.39 is 13.9 Å². The van der Waals surface area contributed by atoms with Crippen molar-refractivity contribution in [2.45, 2.75) is 0 Å². The molecule has 0 unspecified atom stereocenters. The van der Waals surface area contributed by atoms with Gasteiger partial charge >= 0.3 is 34.0 Å². The van der Waals surface area contributed by atoms with E-state index in [1.54, 1.807) is 11.9 Å². The molecule has 0 radical (unpaired) electrons. The Labute approximate surface area is 58.6 Å². The summed E-state index contributed by atoms with van der Waals surface area (Å²) in [5.74, 6) is -1.29. The zero-order chi connectivity index (χ0) is 7.82. The van der Waals surface area contributed by atoms with Crippen LogP contribution < -0.4 is 0 Å². The van der Waals surface area contributed by atoms with Crippen LogP contribution in [-0.4, -0.2) is 17.7 Å². The van der Waals surface area contributed by atoms with Gasteiger partial charge in [-0.15, -0.1) is 0 Å². The summed E-state index contributed by atoms with van der Waals surface area (Å²) in [6, 6.07) is 0. The Hall–Kier alpha value is -0.980. The molecule has 0 amide bonds. The predicted octanol–water partition coefficient (Wildman–Crippen LogP) is 0.852. The van der Waals surface area contributed by atoms with Crippen molar-refractivity contribution in [3.05, 3.63) is 12.3 Å². The third kappa shape index (κ3) is 7.02. The maximum absolute atomic E-state index is 9.28. The molecule has 0 saturated carbocycles. The van der Waals surface area contributed by atoms with Gasteiger partial charge < -0.3 is 4.74 Å². The minimum atomic E-state index is -1.29. The van der Waals surface area contributed by atoms with Crippen LogP contribution in [0.2, 0.25) is 0 Å². The monoisotopic (exact) mass is 160 g/mol. The maximum atomic E-state index is 9.28. The van der Waals surface area contributed by atoms with Gasteiger partial charge in [-0.2, -0.15) is 0 Å². The van der Waals surface area contributed by atoms with Gasteiger partial charge in [0.25, 0.3) is 0 Å². The SMILES string of the molecule is C1=COC1.O=P#CC(=O)O. The minimum absolute atomic E-state index is 0.576. The van der Waals surface area contributed by atoms with Crippen LogP contribution in [0.25, 0.3) is 0 Å². The van der Waals surface area contributed by atoms with Crippen molar-refractivity contribution in [1.29, 1.82) is 0 Å². The number of ether oxygens (including phenoxy) is 1. The number of rotatable bonds is 0. The van der Waals surface area contributed by atoms with E-state index in [0.717, 1.165) is 6.61 Å². The number of carbonyl (C=O) groups is 1. The molecule has 0 aliphatic carbocycles. The second-order valence-corrected chi connectivity index (χ2v) is 1.62. The van der Waals surface area contributed by atoms with Crippen molar-refractivity contribution in [2.75, 3.05) is 6.61 Å². The van der Waals surface area contributed by atoms with Crippen LogP contribution in [0.3, 0.4) is 0 Å². The van der Waals surface area contributed by atoms with Crippen molar-refractivity contribution < 1.29 is 19.2 Å². The summed E-state index contributed by atoms with van der Waals surface area (Å²) in [4.78, 5) is 9.28. The molecule has 0 aromatic carbocycles. The summed E-state index contributed by atoms with van der Waals surface area (Å²) in [5.41, 5.74) is 1.54. The van der Waals surface area contributed by atoms with E-state index in [2.05, 4.69) is 4.74 Å². The van der Waals surface area contributed by atoms with Gasteiger partial charge in [-0.1, -0.05) is 0 Å². The van der Waals surface area contributed by atoms with Crippen LogP contribution in [0, 0.1) is 5.63 Å². The zero-order valence-electron chi connectivity index (χ0n) is 4.98. The predicted molar refractivity (Wildman–Crippen MR) is 34.2 cm³/mol. The molecule has 0 aromatic rings. The summed E-state index contributed by atoms with van der Waals surface area (Å²) in [6.07, 6.45) is 3.64. The van der Waals surface area contributed by atoms with E-state index in [9.17, 15) is 9.36 Å². The van der Waals surface area contributed by atoms with Gasteiger partial charge in [0.15, 0.2) is 0 Å². The van der Waals surface area contributed by atoms with Crippen molar-refractivity contribution in [1.82, 2.24) is 0 Å². The molecule has 10 heavy (non-hydrogen) atoms. The Morgan fingerprint density at radius 3 is 2.20 bits per heavy atom. The number of hydrogen-bond donors (Lipinski definition) is 1. The van der Waals surface area contributed by atoms with Crippen LogP contribution in [0.5, 0.6) is 0 Å². The molecule has 0 fully saturated rings. The van der Waals surface area contributed by atoms with Crippen molar-refractivity contribution in [3.8, 4) is 5.63 Å². The van der Waals surface area contributed by atoms with Crippen LogP contribution >= 0.6 is 7.92 Å². The first-order valence-electron chi connectivity index (χ1n) is 2.35. The molecule has 5 heteroatoms. The van der Waals surface area contributed by atoms with E-state index in [0.29, 0.717) is 0 Å². The Kier molecular flexibility index (Phi) is 5.54. The van der Waals surface area contributed by atoms with E-state index in [-0.39, 0.29) is 0 Å². The van der Waals surface area contributed by atoms with Crippen LogP contribution in [0.1, 0.15) is 0 Å². The second-order valence-electron chi connectivity index (χ2n) is 1.21. The van der Waals surface area contributed by atoms with E-state index in [1.807, 2.05) is 6.08 Å². The summed E-state index contributed by atoms with van der Waals surface area (Å²) in [5, 5.41) is 7.60. The van der Waals surface area contributed by atoms with Gasteiger partial charge in [-0.3, -0.25) is 0 Å². The molecule has 54 valence electrons. The van der Waals surface area contributed by atoms with Crippen molar-refractivity contribution in [3.63, 3.8) is 0 Å². The van der Waals surface area contributed by atoms with Gasteiger partial charge in [0, 0.05) is 0 Å². The second kappa shape index (κ2) is 6.14. The molecule has 1 aliphatic heterocycles. The third-order valence-electron chi connectivity index (χ3n) is 0.526. The van der Waals surface area contributed by atoms with Gasteiger partial charge in [0.05, 0.1) is 6.26 Å². The number of hydrogen-bond acceptors (Lipinski definition) is 3. The van der Waals surface area contributed by atoms with Gasteiger partial charge in [0.2, 0.25) is 0 Å². The molecule has 1 aliphatic rings. The first-order valence-corrected chi connectivity index (χ1v) is 3.16. The van der Waals surface area contributed by atoms with E-state index in [4.69, 9.17) is 5.11 Å². The molecule has 1 N–H and O–H groups in total. The molecule has 4 nitrogen and oxygen atoms in total. The first-order chi connectivity index (χ1) is 4.77. The third-order valence-corrected chi connectivity index (χ3v) is 0.809. The molecular formula is C5H5O4P. The fourth-order valence-electron chi connectivity index (χ4n) is 0.135. The Morgan fingerprint density at radius 1 is 1.80 bits per heavy atom. The normalized spacial score (nSPS) is 10.8. The standard InChI is InChI=1S/C3H4O.C2HO3P/c1-2-4-3-1;3-2(4)1-6-5/h1-2H,3H2;(H,3,4). The van der Waals surface area contributed by atoms with Gasteiger partial charge in [0.1, 0.15) is 6.61 Å². The first kappa shape index (κ1) is 9.02. The Morgan fingerprint density at radius 2 is 2.20 bits per heavy atom. The zero-order valence-corrected chi connectivity index (χ0v) is 5.88. The van der Waals surface area contributed by atoms with Crippen LogP contribution in [-0.2, 0) is 14.1 Å². The summed E-state index contributed by atoms with van der Waals surface area (Å²) in [7, 11) is -0.576. The van der Waals surface area contributed by atoms with Gasteiger partial charge in [-0.05, 0) is 6.08 Å². The molecular weight excluding hydrogens is 155 g/mol. The average Bonchev–Trinajstić information content (AvgIpc) is 1.58. The molecule has 0 spiro atoms. The Balaban J connectivity index is 0.000000172. The quantitative estimate of drug-likeness (QED) is 0.533. The van der Waals surface area contributed by atoms with E-state index >= 15 is 0 Å². The molecule has 0 bridgehead atoms. The van der Waals surface area contributed by atoms with Crippen LogP contribution in [0.15, 0.2) is 12.3 Å². The fourth-order valence-corrected chi connectivity index (χ4v) is 0.213. The van der Waals surface area contributed by atoms with Crippen molar-refractivity contribution >= 4 is 13.9 Å². The van der Waals surface area contributed by atoms with Gasteiger partial charge in [-0.25, -0.2) is 0 Å². The average molecular weight is 160 g/mol. The summed E-state index contributed by atoms with van der Waals surface area (Å²) < 4.78 is 13.8. The number of carboxylic acids is 1. The summed E-state index contributed by atoms with van der Waals surface area (Å²) in [6.45, 7) is 0.819. The Bertz CT molecular complexity index is 219. The molecule has 0 aromatic heterocycles. The topological polar surface area (TPSA) is 63.6 Å². The summed E-state index contributed by atoms with van der Waals surface area (Å²) >= 11 is 0. The van der Waals surface area contributed by atoms with Crippen molar-refractivity contribution in [2.24, 2.45) is 0 Å². The molecule has 1 rings (SSSR count). The fraction of sp³-hybridized carbons (Fsp3) is 0.200. The number of aliphatic carboxylic acids is 1. The molecule has 0 saturated heterocycles. The molecule has 1 heterocycles. The molecule has 0 atom stereocenters. The van der Waals surface area contributed by atoms with E-state index in [1.165, 1.54) is 0 Å².